The van der Waals surface area contributed by atoms with Crippen LogP contribution in [0.3, 0.4) is 0 Å². The van der Waals surface area contributed by atoms with Crippen LogP contribution in [0.25, 0.3) is 0 Å². The zero-order valence-corrected chi connectivity index (χ0v) is 17.2. The summed E-state index contributed by atoms with van der Waals surface area (Å²) in [5.74, 6) is -0.966. The van der Waals surface area contributed by atoms with Gasteiger partial charge in [-0.2, -0.15) is 0 Å². The van der Waals surface area contributed by atoms with E-state index in [1.54, 1.807) is 35.2 Å². The molecule has 2 heterocycles. The second-order valence-corrected chi connectivity index (χ2v) is 7.99. The van der Waals surface area contributed by atoms with E-state index in [2.05, 4.69) is 15.2 Å². The Bertz CT molecular complexity index is 1230. The van der Waals surface area contributed by atoms with Gasteiger partial charge in [0.2, 0.25) is 5.56 Å². The number of rotatable bonds is 4. The predicted octanol–water partition coefficient (Wildman–Crippen LogP) is 3.40. The van der Waals surface area contributed by atoms with Gasteiger partial charge >= 0.3 is 0 Å². The number of amides is 2. The molecule has 0 bridgehead atoms. The lowest BCUT2D eigenvalue weighted by atomic mass is 10.1. The van der Waals surface area contributed by atoms with Crippen LogP contribution in [0.1, 0.15) is 33.6 Å². The topological polar surface area (TPSA) is 85.5 Å². The molecule has 0 radical (unpaired) electrons. The van der Waals surface area contributed by atoms with E-state index < -0.39 is 0 Å². The molecular weight excluding hydrogens is 411 g/mol. The first kappa shape index (κ1) is 20.0. The Morgan fingerprint density at radius 3 is 2.38 bits per heavy atom. The van der Waals surface area contributed by atoms with Crippen molar-refractivity contribution >= 4 is 28.9 Å². The third kappa shape index (κ3) is 3.87. The van der Waals surface area contributed by atoms with Gasteiger partial charge in [-0.15, -0.1) is 0 Å². The second kappa shape index (κ2) is 7.96. The van der Waals surface area contributed by atoms with Gasteiger partial charge in [-0.05, 0) is 61.4 Å². The standard InChI is InChI=1S/C24H21FN4O3/c25-17-4-9-20-21(13-17)29(12-11-28(20)19-7-8-19)24(32)15-1-5-18(6-2-15)27-23(31)16-3-10-22(30)26-14-16/h1-6,9-10,13-14,19H,7-8,11-12H2,(H,26,30)(H,27,31). The summed E-state index contributed by atoms with van der Waals surface area (Å²) in [7, 11) is 0. The predicted molar refractivity (Wildman–Crippen MR) is 120 cm³/mol. The monoisotopic (exact) mass is 432 g/mol. The minimum absolute atomic E-state index is 0.217. The van der Waals surface area contributed by atoms with Gasteiger partial charge in [-0.3, -0.25) is 14.4 Å². The molecule has 0 atom stereocenters. The van der Waals surface area contributed by atoms with Crippen LogP contribution < -0.4 is 20.7 Å². The molecule has 0 saturated heterocycles. The van der Waals surface area contributed by atoms with Crippen LogP contribution in [0.15, 0.2) is 65.6 Å². The first-order valence-electron chi connectivity index (χ1n) is 10.5. The summed E-state index contributed by atoms with van der Waals surface area (Å²) in [6, 6.07) is 14.3. The maximum atomic E-state index is 14.0. The average Bonchev–Trinajstić information content (AvgIpc) is 3.64. The number of hydrogen-bond donors (Lipinski definition) is 2. The summed E-state index contributed by atoms with van der Waals surface area (Å²) < 4.78 is 14.0. The summed E-state index contributed by atoms with van der Waals surface area (Å²) in [5, 5.41) is 2.73. The molecule has 2 amide bonds. The number of benzene rings is 2. The quantitative estimate of drug-likeness (QED) is 0.662. The largest absolute Gasteiger partial charge is 0.365 e. The number of H-pyrrole nitrogens is 1. The van der Waals surface area contributed by atoms with Gasteiger partial charge in [0, 0.05) is 42.6 Å². The Hall–Kier alpha value is -3.94. The van der Waals surface area contributed by atoms with E-state index in [1.807, 2.05) is 0 Å². The molecule has 1 saturated carbocycles. The fraction of sp³-hybridized carbons (Fsp3) is 0.208. The molecule has 8 heteroatoms. The first-order chi connectivity index (χ1) is 15.5. The fourth-order valence-corrected chi connectivity index (χ4v) is 3.99. The number of aromatic nitrogens is 1. The van der Waals surface area contributed by atoms with Crippen LogP contribution >= 0.6 is 0 Å². The molecule has 2 N–H and O–H groups in total. The summed E-state index contributed by atoms with van der Waals surface area (Å²) in [6.45, 7) is 1.19. The van der Waals surface area contributed by atoms with E-state index in [-0.39, 0.29) is 23.2 Å². The van der Waals surface area contributed by atoms with Gasteiger partial charge in [-0.25, -0.2) is 4.39 Å². The molecule has 1 aliphatic carbocycles. The summed E-state index contributed by atoms with van der Waals surface area (Å²) in [5.41, 5.74) is 2.47. The Labute approximate surface area is 183 Å². The Morgan fingerprint density at radius 1 is 0.938 bits per heavy atom. The van der Waals surface area contributed by atoms with Crippen LogP contribution in [-0.2, 0) is 0 Å². The number of anilines is 3. The number of nitrogens with one attached hydrogen (secondary N) is 2. The highest BCUT2D eigenvalue weighted by Crippen LogP contribution is 2.40. The van der Waals surface area contributed by atoms with E-state index in [1.165, 1.54) is 30.5 Å². The zero-order chi connectivity index (χ0) is 22.2. The Kier molecular flexibility index (Phi) is 4.97. The third-order valence-corrected chi connectivity index (χ3v) is 5.77. The number of carbonyl (C=O) groups excluding carboxylic acids is 2. The number of fused-ring (bicyclic) bond motifs is 1. The van der Waals surface area contributed by atoms with Gasteiger partial charge in [0.15, 0.2) is 0 Å². The normalized spacial score (nSPS) is 15.3. The number of halogens is 1. The van der Waals surface area contributed by atoms with E-state index in [0.29, 0.717) is 41.6 Å². The first-order valence-corrected chi connectivity index (χ1v) is 10.5. The van der Waals surface area contributed by atoms with Crippen LogP contribution in [0.4, 0.5) is 21.5 Å². The van der Waals surface area contributed by atoms with Gasteiger partial charge in [0.1, 0.15) is 5.82 Å². The summed E-state index contributed by atoms with van der Waals surface area (Å²) in [4.78, 5) is 43.0. The van der Waals surface area contributed by atoms with Crippen LogP contribution in [0.5, 0.6) is 0 Å². The summed E-state index contributed by atoms with van der Waals surface area (Å²) in [6.07, 6.45) is 3.58. The number of nitrogens with zero attached hydrogens (tertiary/aromatic N) is 2. The number of aromatic amines is 1. The molecule has 3 aromatic rings. The molecule has 2 aromatic carbocycles. The van der Waals surface area contributed by atoms with Crippen molar-refractivity contribution < 1.29 is 14.0 Å². The highest BCUT2D eigenvalue weighted by atomic mass is 19.1. The molecule has 7 nitrogen and oxygen atoms in total. The van der Waals surface area contributed by atoms with Crippen molar-refractivity contribution in [2.24, 2.45) is 0 Å². The molecule has 1 fully saturated rings. The summed E-state index contributed by atoms with van der Waals surface area (Å²) >= 11 is 0. The SMILES string of the molecule is O=C(Nc1ccc(C(=O)N2CCN(C3CC3)c3ccc(F)cc32)cc1)c1ccc(=O)[nH]c1. The van der Waals surface area contributed by atoms with Gasteiger partial charge in [0.25, 0.3) is 11.8 Å². The molecule has 5 rings (SSSR count). The van der Waals surface area contributed by atoms with Crippen molar-refractivity contribution in [3.8, 4) is 0 Å². The highest BCUT2D eigenvalue weighted by Gasteiger charge is 2.35. The lowest BCUT2D eigenvalue weighted by Crippen LogP contribution is -2.45. The van der Waals surface area contributed by atoms with Gasteiger partial charge in [-0.1, -0.05) is 0 Å². The molecule has 32 heavy (non-hydrogen) atoms. The lowest BCUT2D eigenvalue weighted by molar-refractivity contribution is 0.0985. The average molecular weight is 432 g/mol. The van der Waals surface area contributed by atoms with Crippen LogP contribution in [0.2, 0.25) is 0 Å². The van der Waals surface area contributed by atoms with E-state index in [0.717, 1.165) is 18.5 Å². The van der Waals surface area contributed by atoms with Crippen molar-refractivity contribution in [3.63, 3.8) is 0 Å². The van der Waals surface area contributed by atoms with E-state index >= 15 is 0 Å². The molecular formula is C24H21FN4O3. The van der Waals surface area contributed by atoms with Crippen LogP contribution in [0, 0.1) is 5.82 Å². The fourth-order valence-electron chi connectivity index (χ4n) is 3.99. The zero-order valence-electron chi connectivity index (χ0n) is 17.2. The van der Waals surface area contributed by atoms with Crippen molar-refractivity contribution in [3.05, 3.63) is 88.1 Å². The molecule has 1 aromatic heterocycles. The van der Waals surface area contributed by atoms with Crippen LogP contribution in [-0.4, -0.2) is 35.9 Å². The maximum Gasteiger partial charge on any atom is 0.258 e. The van der Waals surface area contributed by atoms with Gasteiger partial charge in [0.05, 0.1) is 16.9 Å². The molecule has 1 aliphatic heterocycles. The Morgan fingerprint density at radius 2 is 1.69 bits per heavy atom. The van der Waals surface area contributed by atoms with Crippen molar-refractivity contribution in [1.82, 2.24) is 4.98 Å². The molecule has 0 spiro atoms. The smallest absolute Gasteiger partial charge is 0.258 e. The minimum Gasteiger partial charge on any atom is -0.365 e. The number of carbonyl (C=O) groups is 2. The highest BCUT2D eigenvalue weighted by molar-refractivity contribution is 6.09. The second-order valence-electron chi connectivity index (χ2n) is 7.99. The number of pyridine rings is 1. The minimum atomic E-state index is -0.375. The van der Waals surface area contributed by atoms with E-state index in [9.17, 15) is 18.8 Å². The Balaban J connectivity index is 1.34. The van der Waals surface area contributed by atoms with Crippen molar-refractivity contribution in [1.29, 1.82) is 0 Å². The molecule has 2 aliphatic rings. The maximum absolute atomic E-state index is 14.0. The third-order valence-electron chi connectivity index (χ3n) is 5.77. The van der Waals surface area contributed by atoms with E-state index in [4.69, 9.17) is 0 Å². The van der Waals surface area contributed by atoms with Crippen molar-refractivity contribution in [2.45, 2.75) is 18.9 Å². The van der Waals surface area contributed by atoms with Crippen molar-refractivity contribution in [2.75, 3.05) is 28.2 Å². The number of hydrogen-bond acceptors (Lipinski definition) is 4. The lowest BCUT2D eigenvalue weighted by Gasteiger charge is -2.38. The molecule has 162 valence electrons. The van der Waals surface area contributed by atoms with Gasteiger partial charge < -0.3 is 20.1 Å². The molecule has 0 unspecified atom stereocenters.